The summed E-state index contributed by atoms with van der Waals surface area (Å²) in [5.41, 5.74) is 2.30. The van der Waals surface area contributed by atoms with Crippen LogP contribution in [0.4, 0.5) is 0 Å². The lowest BCUT2D eigenvalue weighted by atomic mass is 10.1. The molecule has 0 aliphatic heterocycles. The summed E-state index contributed by atoms with van der Waals surface area (Å²) < 4.78 is 37.8. The van der Waals surface area contributed by atoms with Gasteiger partial charge < -0.3 is 9.29 Å². The number of nitrogens with zero attached hydrogens (tertiary/aromatic N) is 2. The number of ether oxygens (including phenoxy) is 1. The fourth-order valence-corrected chi connectivity index (χ4v) is 3.75. The van der Waals surface area contributed by atoms with Crippen molar-refractivity contribution in [1.29, 1.82) is 0 Å². The number of benzene rings is 2. The van der Waals surface area contributed by atoms with Crippen LogP contribution in [0.25, 0.3) is 0 Å². The zero-order valence-corrected chi connectivity index (χ0v) is 21.6. The van der Waals surface area contributed by atoms with Crippen molar-refractivity contribution in [2.45, 2.75) is 39.0 Å². The second kappa shape index (κ2) is 14.3. The third-order valence-corrected chi connectivity index (χ3v) is 5.34. The zero-order chi connectivity index (χ0) is 25.0. The molecule has 1 aromatic heterocycles. The normalized spacial score (nSPS) is 12.4. The van der Waals surface area contributed by atoms with E-state index in [0.29, 0.717) is 29.5 Å². The van der Waals surface area contributed by atoms with Crippen LogP contribution in [0.5, 0.6) is 0 Å². The van der Waals surface area contributed by atoms with E-state index < -0.39 is 10.1 Å². The van der Waals surface area contributed by atoms with Gasteiger partial charge in [0.1, 0.15) is 25.0 Å². The topological polar surface area (TPSA) is 75.2 Å². The van der Waals surface area contributed by atoms with Gasteiger partial charge in [0.25, 0.3) is 0 Å². The highest BCUT2D eigenvalue weighted by atomic mass is 35.5. The minimum atomic E-state index is -3.92. The van der Waals surface area contributed by atoms with Gasteiger partial charge in [0.05, 0.1) is 23.3 Å². The molecule has 0 bridgehead atoms. The number of allylic oxidation sites excluding steroid dienone is 1. The first-order valence-corrected chi connectivity index (χ1v) is 13.4. The SMILES string of the molecule is C/C=C/CCOC(C[n+]1ccn(CCc2ccccc2)c1)c1ccc(Cl)cc1Cl.CS(=O)(=O)[O-]. The molecule has 6 nitrogen and oxygen atoms in total. The maximum Gasteiger partial charge on any atom is 0.243 e. The number of hydrogen-bond acceptors (Lipinski definition) is 4. The van der Waals surface area contributed by atoms with Gasteiger partial charge in [0.15, 0.2) is 0 Å². The van der Waals surface area contributed by atoms with Crippen LogP contribution in [0.3, 0.4) is 0 Å². The average molecular weight is 525 g/mol. The fraction of sp³-hybridized carbons (Fsp3) is 0.320. The smallest absolute Gasteiger partial charge is 0.243 e. The predicted octanol–water partition coefficient (Wildman–Crippen LogP) is 5.21. The van der Waals surface area contributed by atoms with Crippen LogP contribution in [0.1, 0.15) is 30.6 Å². The fourth-order valence-electron chi connectivity index (χ4n) is 3.22. The molecule has 0 N–H and O–H groups in total. The highest BCUT2D eigenvalue weighted by molar-refractivity contribution is 7.84. The Morgan fingerprint density at radius 2 is 1.88 bits per heavy atom. The maximum absolute atomic E-state index is 9.08. The molecule has 0 fully saturated rings. The molecular weight excluding hydrogens is 495 g/mol. The largest absolute Gasteiger partial charge is 0.748 e. The predicted molar refractivity (Wildman–Crippen MR) is 135 cm³/mol. The molecule has 1 unspecified atom stereocenters. The number of hydrogen-bond donors (Lipinski definition) is 0. The number of aryl methyl sites for hydroxylation is 2. The first kappa shape index (κ1) is 28.1. The summed E-state index contributed by atoms with van der Waals surface area (Å²) in [4.78, 5) is 0. The third kappa shape index (κ3) is 11.3. The Hall–Kier alpha value is -2.16. The molecule has 0 radical (unpaired) electrons. The van der Waals surface area contributed by atoms with E-state index in [1.165, 1.54) is 5.56 Å². The first-order valence-electron chi connectivity index (χ1n) is 10.8. The first-order chi connectivity index (χ1) is 16.2. The van der Waals surface area contributed by atoms with Crippen LogP contribution >= 0.6 is 23.2 Å². The van der Waals surface area contributed by atoms with Crippen LogP contribution in [-0.4, -0.2) is 30.4 Å². The average Bonchev–Trinajstić information content (AvgIpc) is 3.22. The lowest BCUT2D eigenvalue weighted by molar-refractivity contribution is -0.704. The molecule has 0 amide bonds. The molecule has 0 aliphatic rings. The van der Waals surface area contributed by atoms with Crippen LogP contribution in [-0.2, 0) is 34.4 Å². The van der Waals surface area contributed by atoms with Crippen molar-refractivity contribution in [2.75, 3.05) is 12.9 Å². The van der Waals surface area contributed by atoms with Gasteiger partial charge in [0, 0.05) is 28.3 Å². The van der Waals surface area contributed by atoms with Crippen molar-refractivity contribution in [3.8, 4) is 0 Å². The molecule has 0 aliphatic carbocycles. The summed E-state index contributed by atoms with van der Waals surface area (Å²) in [7, 11) is -3.92. The van der Waals surface area contributed by atoms with E-state index in [-0.39, 0.29) is 6.10 Å². The van der Waals surface area contributed by atoms with Crippen molar-refractivity contribution in [3.05, 3.63) is 101 Å². The van der Waals surface area contributed by atoms with E-state index in [9.17, 15) is 0 Å². The Balaban J connectivity index is 0.000000739. The Bertz CT molecular complexity index is 1140. The summed E-state index contributed by atoms with van der Waals surface area (Å²) in [6.07, 6.45) is 12.8. The summed E-state index contributed by atoms with van der Waals surface area (Å²) in [5, 5.41) is 1.27. The zero-order valence-electron chi connectivity index (χ0n) is 19.3. The molecule has 9 heteroatoms. The van der Waals surface area contributed by atoms with E-state index in [1.807, 2.05) is 31.2 Å². The number of rotatable bonds is 10. The standard InChI is InChI=1S/C24H27Cl2N2O.CH4O3S/c1-2-3-7-16-29-24(22-11-10-21(25)17-23(22)26)18-28-15-14-27(19-28)13-12-20-8-5-4-6-9-20;1-5(2,3)4/h2-6,8-11,14-15,17,19,24H,7,12-13,16,18H2,1H3;1H3,(H,2,3,4)/q+1;/p-1/b3-2+;. The maximum atomic E-state index is 9.08. The summed E-state index contributed by atoms with van der Waals surface area (Å²) in [6.45, 7) is 4.28. The summed E-state index contributed by atoms with van der Waals surface area (Å²) >= 11 is 12.5. The second-order valence-electron chi connectivity index (χ2n) is 7.67. The van der Waals surface area contributed by atoms with Crippen molar-refractivity contribution < 1.29 is 22.3 Å². The Morgan fingerprint density at radius 1 is 1.18 bits per heavy atom. The van der Waals surface area contributed by atoms with Gasteiger partial charge in [-0.1, -0.05) is 71.8 Å². The minimum absolute atomic E-state index is 0.139. The van der Waals surface area contributed by atoms with Gasteiger partial charge >= 0.3 is 0 Å². The molecule has 1 heterocycles. The summed E-state index contributed by atoms with van der Waals surface area (Å²) in [5.74, 6) is 0. The number of aromatic nitrogens is 2. The third-order valence-electron chi connectivity index (χ3n) is 4.77. The molecule has 2 aromatic carbocycles. The van der Waals surface area contributed by atoms with Crippen molar-refractivity contribution in [2.24, 2.45) is 0 Å². The summed E-state index contributed by atoms with van der Waals surface area (Å²) in [6, 6.07) is 16.1. The van der Waals surface area contributed by atoms with Crippen molar-refractivity contribution >= 4 is 33.3 Å². The van der Waals surface area contributed by atoms with Gasteiger partial charge in [0.2, 0.25) is 6.33 Å². The van der Waals surface area contributed by atoms with Crippen LogP contribution < -0.4 is 4.57 Å². The number of halogens is 2. The van der Waals surface area contributed by atoms with E-state index in [0.717, 1.165) is 24.9 Å². The highest BCUT2D eigenvalue weighted by Crippen LogP contribution is 2.29. The lowest BCUT2D eigenvalue weighted by Crippen LogP contribution is -2.35. The molecular formula is C25H30Cl2N2O4S. The Kier molecular flexibility index (Phi) is 11.8. The molecule has 3 rings (SSSR count). The van der Waals surface area contributed by atoms with E-state index in [1.54, 1.807) is 6.07 Å². The van der Waals surface area contributed by atoms with Gasteiger partial charge in [-0.05, 0) is 31.0 Å². The van der Waals surface area contributed by atoms with Crippen LogP contribution in [0.2, 0.25) is 10.0 Å². The Labute approximate surface area is 212 Å². The molecule has 34 heavy (non-hydrogen) atoms. The highest BCUT2D eigenvalue weighted by Gasteiger charge is 2.19. The molecule has 184 valence electrons. The molecule has 3 aromatic rings. The van der Waals surface area contributed by atoms with E-state index in [2.05, 4.69) is 58.2 Å². The van der Waals surface area contributed by atoms with Gasteiger partial charge in [-0.25, -0.2) is 17.6 Å². The van der Waals surface area contributed by atoms with Crippen LogP contribution in [0.15, 0.2) is 79.4 Å². The molecule has 1 atom stereocenters. The van der Waals surface area contributed by atoms with Crippen LogP contribution in [0, 0.1) is 0 Å². The Morgan fingerprint density at radius 3 is 2.53 bits per heavy atom. The monoisotopic (exact) mass is 524 g/mol. The second-order valence-corrected chi connectivity index (χ2v) is 9.92. The van der Waals surface area contributed by atoms with E-state index in [4.69, 9.17) is 40.9 Å². The van der Waals surface area contributed by atoms with Crippen molar-refractivity contribution in [1.82, 2.24) is 4.57 Å². The number of imidazole rings is 1. The lowest BCUT2D eigenvalue weighted by Gasteiger charge is -2.18. The van der Waals surface area contributed by atoms with Gasteiger partial charge in [-0.3, -0.25) is 0 Å². The quantitative estimate of drug-likeness (QED) is 0.158. The van der Waals surface area contributed by atoms with Gasteiger partial charge in [-0.15, -0.1) is 0 Å². The molecule has 0 saturated heterocycles. The van der Waals surface area contributed by atoms with Gasteiger partial charge in [-0.2, -0.15) is 0 Å². The molecule has 0 saturated carbocycles. The van der Waals surface area contributed by atoms with E-state index >= 15 is 0 Å². The van der Waals surface area contributed by atoms with Crippen molar-refractivity contribution in [3.63, 3.8) is 0 Å². The molecule has 0 spiro atoms. The minimum Gasteiger partial charge on any atom is -0.748 e.